The van der Waals surface area contributed by atoms with Crippen molar-refractivity contribution >= 4 is 5.69 Å². The Labute approximate surface area is 76.4 Å². The van der Waals surface area contributed by atoms with Crippen LogP contribution in [-0.2, 0) is 22.9 Å². The molecule has 1 aliphatic heterocycles. The molecule has 1 nitrogen and oxygen atoms in total. The summed E-state index contributed by atoms with van der Waals surface area (Å²) in [4.78, 5) is 0. The molecule has 0 unspecified atom stereocenters. The Morgan fingerprint density at radius 1 is 1.18 bits per heavy atom. The molecule has 0 bridgehead atoms. The minimum atomic E-state index is 0. The molecule has 0 aromatic heterocycles. The van der Waals surface area contributed by atoms with Crippen LogP contribution in [0.5, 0.6) is 0 Å². The van der Waals surface area contributed by atoms with Crippen LogP contribution in [-0.4, -0.2) is 0 Å². The first-order chi connectivity index (χ1) is 4.97. The number of hydrogen-bond donors (Lipinski definition) is 1. The SMILES string of the molecule is C1=CNc2ccccc2C1.[Ni]. The number of rotatable bonds is 0. The van der Waals surface area contributed by atoms with E-state index in [9.17, 15) is 0 Å². The van der Waals surface area contributed by atoms with E-state index in [0.29, 0.717) is 0 Å². The van der Waals surface area contributed by atoms with E-state index in [1.54, 1.807) is 0 Å². The summed E-state index contributed by atoms with van der Waals surface area (Å²) in [6.45, 7) is 0. The quantitative estimate of drug-likeness (QED) is 0.618. The van der Waals surface area contributed by atoms with Crippen LogP contribution in [0.1, 0.15) is 5.56 Å². The molecular weight excluding hydrogens is 181 g/mol. The first-order valence-corrected chi connectivity index (χ1v) is 3.46. The molecule has 1 N–H and O–H groups in total. The summed E-state index contributed by atoms with van der Waals surface area (Å²) in [6, 6.07) is 8.36. The van der Waals surface area contributed by atoms with E-state index in [1.165, 1.54) is 11.3 Å². The molecule has 60 valence electrons. The van der Waals surface area contributed by atoms with Gasteiger partial charge in [0.05, 0.1) is 0 Å². The average Bonchev–Trinajstić information content (AvgIpc) is 2.05. The Morgan fingerprint density at radius 3 is 2.82 bits per heavy atom. The second-order valence-electron chi connectivity index (χ2n) is 2.41. The van der Waals surface area contributed by atoms with Crippen molar-refractivity contribution in [2.24, 2.45) is 0 Å². The predicted molar refractivity (Wildman–Crippen MR) is 42.9 cm³/mol. The van der Waals surface area contributed by atoms with E-state index >= 15 is 0 Å². The fraction of sp³-hybridized carbons (Fsp3) is 0.111. The third kappa shape index (κ3) is 1.64. The number of benzene rings is 1. The first-order valence-electron chi connectivity index (χ1n) is 3.46. The van der Waals surface area contributed by atoms with Gasteiger partial charge in [-0.2, -0.15) is 0 Å². The number of hydrogen-bond acceptors (Lipinski definition) is 1. The smallest absolute Gasteiger partial charge is 0.0415 e. The molecule has 0 spiro atoms. The second kappa shape index (κ2) is 3.59. The van der Waals surface area contributed by atoms with Crippen molar-refractivity contribution in [3.05, 3.63) is 42.1 Å². The molecule has 1 heterocycles. The Hall–Kier alpha value is -0.746. The van der Waals surface area contributed by atoms with Crippen LogP contribution in [0.15, 0.2) is 36.5 Å². The van der Waals surface area contributed by atoms with Gasteiger partial charge in [-0.25, -0.2) is 0 Å². The molecule has 2 rings (SSSR count). The third-order valence-electron chi connectivity index (χ3n) is 1.71. The standard InChI is InChI=1S/C9H9N.Ni/c1-2-6-9-8(4-1)5-3-7-10-9;/h1-4,6-7,10H,5H2;. The van der Waals surface area contributed by atoms with Gasteiger partial charge in [0.25, 0.3) is 0 Å². The molecular formula is C9H9NNi. The van der Waals surface area contributed by atoms with Crippen LogP contribution < -0.4 is 5.32 Å². The summed E-state index contributed by atoms with van der Waals surface area (Å²) in [6.07, 6.45) is 5.17. The summed E-state index contributed by atoms with van der Waals surface area (Å²) >= 11 is 0. The molecule has 1 aliphatic rings. The summed E-state index contributed by atoms with van der Waals surface area (Å²) in [5.74, 6) is 0. The van der Waals surface area contributed by atoms with Crippen molar-refractivity contribution in [1.29, 1.82) is 0 Å². The van der Waals surface area contributed by atoms with Gasteiger partial charge in [-0.15, -0.1) is 0 Å². The van der Waals surface area contributed by atoms with Crippen LogP contribution in [0.4, 0.5) is 5.69 Å². The molecule has 0 saturated carbocycles. The molecule has 0 radical (unpaired) electrons. The minimum absolute atomic E-state index is 0. The van der Waals surface area contributed by atoms with Crippen molar-refractivity contribution in [2.45, 2.75) is 6.42 Å². The molecule has 2 heteroatoms. The van der Waals surface area contributed by atoms with Gasteiger partial charge in [-0.3, -0.25) is 0 Å². The fourth-order valence-corrected chi connectivity index (χ4v) is 1.17. The number of allylic oxidation sites excluding steroid dienone is 1. The Balaban J connectivity index is 0.000000605. The van der Waals surface area contributed by atoms with Crippen molar-refractivity contribution in [3.63, 3.8) is 0 Å². The maximum Gasteiger partial charge on any atom is 0.0415 e. The van der Waals surface area contributed by atoms with Gasteiger partial charge in [0.1, 0.15) is 0 Å². The van der Waals surface area contributed by atoms with E-state index in [2.05, 4.69) is 29.6 Å². The van der Waals surface area contributed by atoms with Crippen LogP contribution in [0, 0.1) is 0 Å². The van der Waals surface area contributed by atoms with Crippen LogP contribution >= 0.6 is 0 Å². The Bertz CT molecular complexity index is 241. The maximum absolute atomic E-state index is 3.18. The van der Waals surface area contributed by atoms with Gasteiger partial charge >= 0.3 is 0 Å². The molecule has 0 fully saturated rings. The van der Waals surface area contributed by atoms with E-state index in [4.69, 9.17) is 0 Å². The van der Waals surface area contributed by atoms with Gasteiger partial charge in [0, 0.05) is 22.2 Å². The minimum Gasteiger partial charge on any atom is -0.362 e. The Kier molecular flexibility index (Phi) is 2.72. The van der Waals surface area contributed by atoms with E-state index in [-0.39, 0.29) is 16.5 Å². The molecule has 1 aromatic rings. The van der Waals surface area contributed by atoms with Gasteiger partial charge in [0.15, 0.2) is 0 Å². The zero-order chi connectivity index (χ0) is 6.81. The molecule has 0 atom stereocenters. The second-order valence-corrected chi connectivity index (χ2v) is 2.41. The van der Waals surface area contributed by atoms with E-state index < -0.39 is 0 Å². The van der Waals surface area contributed by atoms with Crippen LogP contribution in [0.3, 0.4) is 0 Å². The summed E-state index contributed by atoms with van der Waals surface area (Å²) in [7, 11) is 0. The summed E-state index contributed by atoms with van der Waals surface area (Å²) in [5.41, 5.74) is 2.62. The van der Waals surface area contributed by atoms with E-state index in [0.717, 1.165) is 6.42 Å². The predicted octanol–water partition coefficient (Wildman–Crippen LogP) is 2.17. The number of anilines is 1. The van der Waals surface area contributed by atoms with Gasteiger partial charge < -0.3 is 5.32 Å². The molecule has 0 saturated heterocycles. The number of nitrogens with one attached hydrogen (secondary N) is 1. The van der Waals surface area contributed by atoms with Gasteiger partial charge in [-0.1, -0.05) is 24.3 Å². The van der Waals surface area contributed by atoms with Crippen LogP contribution in [0.2, 0.25) is 0 Å². The van der Waals surface area contributed by atoms with E-state index in [1.807, 2.05) is 12.3 Å². The maximum atomic E-state index is 3.18. The first kappa shape index (κ1) is 8.35. The molecule has 11 heavy (non-hydrogen) atoms. The third-order valence-corrected chi connectivity index (χ3v) is 1.71. The monoisotopic (exact) mass is 189 g/mol. The summed E-state index contributed by atoms with van der Waals surface area (Å²) < 4.78 is 0. The number of para-hydroxylation sites is 1. The van der Waals surface area contributed by atoms with Gasteiger partial charge in [-0.05, 0) is 24.3 Å². The van der Waals surface area contributed by atoms with Crippen molar-refractivity contribution in [1.82, 2.24) is 0 Å². The van der Waals surface area contributed by atoms with Crippen LogP contribution in [0.25, 0.3) is 0 Å². The molecule has 0 amide bonds. The van der Waals surface area contributed by atoms with Crippen molar-refractivity contribution in [3.8, 4) is 0 Å². The molecule has 1 aromatic carbocycles. The zero-order valence-electron chi connectivity index (χ0n) is 5.99. The largest absolute Gasteiger partial charge is 0.362 e. The van der Waals surface area contributed by atoms with Gasteiger partial charge in [0.2, 0.25) is 0 Å². The zero-order valence-corrected chi connectivity index (χ0v) is 6.98. The average molecular weight is 190 g/mol. The Morgan fingerprint density at radius 2 is 2.00 bits per heavy atom. The molecule has 0 aliphatic carbocycles. The fourth-order valence-electron chi connectivity index (χ4n) is 1.17. The topological polar surface area (TPSA) is 12.0 Å². The normalized spacial score (nSPS) is 12.7. The summed E-state index contributed by atoms with van der Waals surface area (Å²) in [5, 5.41) is 3.18. The number of fused-ring (bicyclic) bond motifs is 1. The van der Waals surface area contributed by atoms with Crippen molar-refractivity contribution in [2.75, 3.05) is 5.32 Å². The van der Waals surface area contributed by atoms with Crippen molar-refractivity contribution < 1.29 is 16.5 Å².